The molecule has 116 valence electrons. The Hall–Kier alpha value is -0.650. The molecule has 20 heavy (non-hydrogen) atoms. The van der Waals surface area contributed by atoms with Gasteiger partial charge < -0.3 is 20.5 Å². The van der Waals surface area contributed by atoms with Gasteiger partial charge in [0.05, 0.1) is 18.2 Å². The van der Waals surface area contributed by atoms with Gasteiger partial charge in [0, 0.05) is 24.6 Å². The van der Waals surface area contributed by atoms with E-state index < -0.39 is 6.10 Å². The van der Waals surface area contributed by atoms with Crippen molar-refractivity contribution in [3.8, 4) is 0 Å². The highest BCUT2D eigenvalue weighted by atomic mass is 16.5. The van der Waals surface area contributed by atoms with Crippen LogP contribution in [-0.4, -0.2) is 48.5 Å². The molecule has 2 aliphatic rings. The topological polar surface area (TPSA) is 70.6 Å². The molecule has 0 aromatic carbocycles. The number of rotatable bonds is 6. The van der Waals surface area contributed by atoms with Gasteiger partial charge >= 0.3 is 0 Å². The summed E-state index contributed by atoms with van der Waals surface area (Å²) in [5, 5.41) is 15.7. The Labute approximate surface area is 121 Å². The van der Waals surface area contributed by atoms with Gasteiger partial charge in [0.1, 0.15) is 0 Å². The number of β-amino-alcohol motifs (C(OH)–C–C–N with tert-alkyl or cyclic N) is 1. The molecular formula is C15H28N2O3. The van der Waals surface area contributed by atoms with Crippen LogP contribution < -0.4 is 10.6 Å². The number of aliphatic hydroxyl groups excluding tert-OH is 1. The van der Waals surface area contributed by atoms with Crippen LogP contribution in [0.4, 0.5) is 0 Å². The van der Waals surface area contributed by atoms with Crippen LogP contribution in [-0.2, 0) is 9.53 Å². The van der Waals surface area contributed by atoms with Gasteiger partial charge in [-0.25, -0.2) is 0 Å². The maximum absolute atomic E-state index is 12.3. The first-order chi connectivity index (χ1) is 9.57. The summed E-state index contributed by atoms with van der Waals surface area (Å²) in [6.07, 6.45) is 3.30. The van der Waals surface area contributed by atoms with E-state index in [9.17, 15) is 9.90 Å². The molecule has 4 atom stereocenters. The minimum absolute atomic E-state index is 0.0211. The number of hydrogen-bond acceptors (Lipinski definition) is 4. The van der Waals surface area contributed by atoms with E-state index in [0.29, 0.717) is 13.0 Å². The maximum Gasteiger partial charge on any atom is 0.237 e. The summed E-state index contributed by atoms with van der Waals surface area (Å²) < 4.78 is 5.82. The van der Waals surface area contributed by atoms with E-state index in [1.807, 2.05) is 6.92 Å². The monoisotopic (exact) mass is 284 g/mol. The number of carbonyl (C=O) groups excluding carboxylic acids is 1. The van der Waals surface area contributed by atoms with Gasteiger partial charge in [-0.3, -0.25) is 4.79 Å². The van der Waals surface area contributed by atoms with Crippen LogP contribution >= 0.6 is 0 Å². The molecule has 0 radical (unpaired) electrons. The molecule has 2 rings (SSSR count). The lowest BCUT2D eigenvalue weighted by Crippen LogP contribution is -2.65. The lowest BCUT2D eigenvalue weighted by Gasteiger charge is -2.55. The zero-order valence-corrected chi connectivity index (χ0v) is 12.8. The summed E-state index contributed by atoms with van der Waals surface area (Å²) in [6.45, 7) is 7.60. The van der Waals surface area contributed by atoms with E-state index in [0.717, 1.165) is 25.9 Å². The Bertz CT molecular complexity index is 344. The third kappa shape index (κ3) is 2.71. The molecule has 1 aliphatic carbocycles. The fourth-order valence-electron chi connectivity index (χ4n) is 3.77. The Morgan fingerprint density at radius 2 is 2.05 bits per heavy atom. The van der Waals surface area contributed by atoms with Crippen LogP contribution in [0.15, 0.2) is 0 Å². The highest BCUT2D eigenvalue weighted by Crippen LogP contribution is 2.48. The van der Waals surface area contributed by atoms with Crippen molar-refractivity contribution in [1.29, 1.82) is 0 Å². The number of nitrogens with one attached hydrogen (secondary N) is 2. The van der Waals surface area contributed by atoms with Gasteiger partial charge in [-0.2, -0.15) is 0 Å². The van der Waals surface area contributed by atoms with E-state index in [4.69, 9.17) is 4.74 Å². The first-order valence-corrected chi connectivity index (χ1v) is 7.90. The Morgan fingerprint density at radius 3 is 2.55 bits per heavy atom. The molecule has 5 nitrogen and oxygen atoms in total. The molecule has 1 saturated carbocycles. The van der Waals surface area contributed by atoms with Gasteiger partial charge in [0.2, 0.25) is 5.91 Å². The number of ether oxygens (including phenoxy) is 1. The van der Waals surface area contributed by atoms with Gasteiger partial charge in [-0.1, -0.05) is 13.8 Å². The molecule has 0 aromatic heterocycles. The molecule has 5 heteroatoms. The summed E-state index contributed by atoms with van der Waals surface area (Å²) in [4.78, 5) is 12.3. The van der Waals surface area contributed by atoms with E-state index in [2.05, 4.69) is 24.5 Å². The molecule has 1 amide bonds. The van der Waals surface area contributed by atoms with Crippen molar-refractivity contribution in [2.45, 2.75) is 70.7 Å². The fourth-order valence-corrected chi connectivity index (χ4v) is 3.77. The van der Waals surface area contributed by atoms with Crippen LogP contribution in [0.5, 0.6) is 0 Å². The molecule has 1 aliphatic heterocycles. The molecule has 2 fully saturated rings. The predicted molar refractivity (Wildman–Crippen MR) is 77.4 cm³/mol. The molecule has 1 saturated heterocycles. The van der Waals surface area contributed by atoms with Crippen molar-refractivity contribution in [2.75, 3.05) is 13.2 Å². The van der Waals surface area contributed by atoms with Gasteiger partial charge in [0.25, 0.3) is 0 Å². The molecule has 3 N–H and O–H groups in total. The van der Waals surface area contributed by atoms with Crippen molar-refractivity contribution in [3.05, 3.63) is 0 Å². The lowest BCUT2D eigenvalue weighted by atomic mass is 9.58. The summed E-state index contributed by atoms with van der Waals surface area (Å²) in [6, 6.07) is -0.0522. The number of hydrogen-bond donors (Lipinski definition) is 3. The third-order valence-corrected chi connectivity index (χ3v) is 5.21. The van der Waals surface area contributed by atoms with Crippen LogP contribution in [0.2, 0.25) is 0 Å². The second-order valence-electron chi connectivity index (χ2n) is 6.03. The van der Waals surface area contributed by atoms with Gasteiger partial charge in [0.15, 0.2) is 0 Å². The van der Waals surface area contributed by atoms with Crippen LogP contribution in [0.25, 0.3) is 0 Å². The smallest absolute Gasteiger partial charge is 0.237 e. The zero-order valence-electron chi connectivity index (χ0n) is 12.8. The van der Waals surface area contributed by atoms with Crippen molar-refractivity contribution in [1.82, 2.24) is 10.6 Å². The fraction of sp³-hybridized carbons (Fsp3) is 0.933. The summed E-state index contributed by atoms with van der Waals surface area (Å²) in [5.41, 5.74) is 0.0723. The van der Waals surface area contributed by atoms with Crippen molar-refractivity contribution in [3.63, 3.8) is 0 Å². The van der Waals surface area contributed by atoms with Crippen LogP contribution in [0.3, 0.4) is 0 Å². The van der Waals surface area contributed by atoms with E-state index >= 15 is 0 Å². The average Bonchev–Trinajstić information content (AvgIpc) is 2.86. The van der Waals surface area contributed by atoms with Crippen LogP contribution in [0, 0.1) is 5.41 Å². The SMILES string of the molecule is CCOC1CC(NC(=O)C2CC(O)CN2)C1(CC)CC. The minimum Gasteiger partial charge on any atom is -0.392 e. The summed E-state index contributed by atoms with van der Waals surface area (Å²) in [7, 11) is 0. The number of carbonyl (C=O) groups is 1. The Morgan fingerprint density at radius 1 is 1.35 bits per heavy atom. The number of aliphatic hydroxyl groups is 1. The van der Waals surface area contributed by atoms with Crippen molar-refractivity contribution in [2.24, 2.45) is 5.41 Å². The summed E-state index contributed by atoms with van der Waals surface area (Å²) in [5.74, 6) is 0.0211. The largest absolute Gasteiger partial charge is 0.392 e. The molecule has 0 aromatic rings. The average molecular weight is 284 g/mol. The second kappa shape index (κ2) is 6.41. The highest BCUT2D eigenvalue weighted by molar-refractivity contribution is 5.82. The lowest BCUT2D eigenvalue weighted by molar-refractivity contribution is -0.149. The quantitative estimate of drug-likeness (QED) is 0.675. The molecule has 0 spiro atoms. The van der Waals surface area contributed by atoms with Crippen molar-refractivity contribution >= 4 is 5.91 Å². The maximum atomic E-state index is 12.3. The molecule has 4 unspecified atom stereocenters. The first-order valence-electron chi connectivity index (χ1n) is 7.90. The Kier molecular flexibility index (Phi) is 5.04. The van der Waals surface area contributed by atoms with Gasteiger partial charge in [-0.05, 0) is 32.6 Å². The molecular weight excluding hydrogens is 256 g/mol. The van der Waals surface area contributed by atoms with E-state index in [1.165, 1.54) is 0 Å². The molecule has 1 heterocycles. The first kappa shape index (κ1) is 15.7. The normalized spacial score (nSPS) is 35.6. The zero-order chi connectivity index (χ0) is 14.8. The van der Waals surface area contributed by atoms with Crippen molar-refractivity contribution < 1.29 is 14.6 Å². The predicted octanol–water partition coefficient (Wildman–Crippen LogP) is 0.809. The standard InChI is InChI=1S/C15H28N2O3/c1-4-15(5-2)12(8-13(15)20-6-3)17-14(19)11-7-10(18)9-16-11/h10-13,16,18H,4-9H2,1-3H3,(H,17,19). The van der Waals surface area contributed by atoms with E-state index in [1.54, 1.807) is 0 Å². The van der Waals surface area contributed by atoms with E-state index in [-0.39, 0.29) is 29.5 Å². The Balaban J connectivity index is 1.94. The minimum atomic E-state index is -0.398. The second-order valence-corrected chi connectivity index (χ2v) is 6.03. The van der Waals surface area contributed by atoms with Gasteiger partial charge in [-0.15, -0.1) is 0 Å². The highest BCUT2D eigenvalue weighted by Gasteiger charge is 2.54. The third-order valence-electron chi connectivity index (χ3n) is 5.21. The number of amides is 1. The molecule has 0 bridgehead atoms. The summed E-state index contributed by atoms with van der Waals surface area (Å²) >= 11 is 0. The van der Waals surface area contributed by atoms with Crippen LogP contribution in [0.1, 0.15) is 46.5 Å².